The van der Waals surface area contributed by atoms with Gasteiger partial charge in [0.1, 0.15) is 0 Å². The normalized spacial score (nSPS) is 22.4. The Labute approximate surface area is 125 Å². The van der Waals surface area contributed by atoms with Crippen LogP contribution < -0.4 is 10.1 Å². The van der Waals surface area contributed by atoms with Crippen LogP contribution >= 0.6 is 15.9 Å². The minimum atomic E-state index is -0.628. The minimum Gasteiger partial charge on any atom is -0.391 e. The molecule has 0 aromatic carbocycles. The van der Waals surface area contributed by atoms with Gasteiger partial charge in [0.05, 0.1) is 12.7 Å². The van der Waals surface area contributed by atoms with E-state index in [1.54, 1.807) is 13.1 Å². The lowest BCUT2D eigenvalue weighted by atomic mass is 9.90. The Morgan fingerprint density at radius 3 is 3.20 bits per heavy atom. The van der Waals surface area contributed by atoms with Gasteiger partial charge in [-0.3, -0.25) is 0 Å². The van der Waals surface area contributed by atoms with Gasteiger partial charge < -0.3 is 19.9 Å². The summed E-state index contributed by atoms with van der Waals surface area (Å²) in [6.45, 7) is 3.12. The number of carbonyl (C=O) groups is 1. The van der Waals surface area contributed by atoms with Crippen molar-refractivity contribution in [1.82, 2.24) is 10.3 Å². The molecular formula is C13H17BrN2O4. The van der Waals surface area contributed by atoms with E-state index in [0.717, 1.165) is 4.47 Å². The van der Waals surface area contributed by atoms with E-state index in [1.165, 1.54) is 0 Å². The number of carbonyl (C=O) groups excluding carboxylic acids is 1. The predicted octanol–water partition coefficient (Wildman–Crippen LogP) is 1.82. The highest BCUT2D eigenvalue weighted by atomic mass is 79.9. The number of pyridine rings is 1. The molecule has 0 unspecified atom stereocenters. The standard InChI is InChI=1S/C13H17BrN2O4/c1-2-15-13(18)20-12-10(5-8(14)6-16-12)9-3-4-19-7-11(9)17/h5-6,9,11,17H,2-4,7H2,1H3,(H,15,18)/t9-,11+/m1/s1. The third kappa shape index (κ3) is 3.68. The molecule has 7 heteroatoms. The Morgan fingerprint density at radius 2 is 2.50 bits per heavy atom. The number of aliphatic hydroxyl groups is 1. The van der Waals surface area contributed by atoms with Crippen molar-refractivity contribution in [3.63, 3.8) is 0 Å². The summed E-state index contributed by atoms with van der Waals surface area (Å²) < 4.78 is 11.2. The average Bonchev–Trinajstić information content (AvgIpc) is 2.42. The van der Waals surface area contributed by atoms with Crippen molar-refractivity contribution in [2.24, 2.45) is 0 Å². The van der Waals surface area contributed by atoms with Crippen LogP contribution in [0.15, 0.2) is 16.7 Å². The van der Waals surface area contributed by atoms with Crippen LogP contribution in [0, 0.1) is 0 Å². The average molecular weight is 345 g/mol. The number of hydrogen-bond acceptors (Lipinski definition) is 5. The third-order valence-electron chi connectivity index (χ3n) is 3.08. The fourth-order valence-electron chi connectivity index (χ4n) is 2.15. The zero-order valence-corrected chi connectivity index (χ0v) is 12.7. The quantitative estimate of drug-likeness (QED) is 0.874. The molecule has 1 aromatic rings. The predicted molar refractivity (Wildman–Crippen MR) is 75.8 cm³/mol. The number of rotatable bonds is 3. The van der Waals surface area contributed by atoms with E-state index in [1.807, 2.05) is 6.07 Å². The van der Waals surface area contributed by atoms with E-state index >= 15 is 0 Å². The van der Waals surface area contributed by atoms with E-state index in [2.05, 4.69) is 26.2 Å². The minimum absolute atomic E-state index is 0.154. The molecule has 1 amide bonds. The van der Waals surface area contributed by atoms with Crippen molar-refractivity contribution >= 4 is 22.0 Å². The van der Waals surface area contributed by atoms with Crippen molar-refractivity contribution in [3.8, 4) is 5.88 Å². The highest BCUT2D eigenvalue weighted by Gasteiger charge is 2.29. The summed E-state index contributed by atoms with van der Waals surface area (Å²) in [4.78, 5) is 15.7. The molecule has 0 aliphatic carbocycles. The zero-order valence-electron chi connectivity index (χ0n) is 11.1. The highest BCUT2D eigenvalue weighted by Crippen LogP contribution is 2.34. The van der Waals surface area contributed by atoms with Gasteiger partial charge in [-0.05, 0) is 35.3 Å². The Balaban J connectivity index is 2.25. The van der Waals surface area contributed by atoms with Gasteiger partial charge in [-0.2, -0.15) is 0 Å². The lowest BCUT2D eigenvalue weighted by molar-refractivity contribution is -0.0210. The Hall–Kier alpha value is -1.18. The van der Waals surface area contributed by atoms with Crippen molar-refractivity contribution in [2.45, 2.75) is 25.4 Å². The Bertz CT molecular complexity index is 483. The monoisotopic (exact) mass is 344 g/mol. The molecule has 2 atom stereocenters. The van der Waals surface area contributed by atoms with Gasteiger partial charge >= 0.3 is 6.09 Å². The van der Waals surface area contributed by atoms with Gasteiger partial charge in [-0.15, -0.1) is 0 Å². The topological polar surface area (TPSA) is 80.7 Å². The van der Waals surface area contributed by atoms with Crippen LogP contribution in [0.25, 0.3) is 0 Å². The van der Waals surface area contributed by atoms with Crippen LogP contribution in [0.2, 0.25) is 0 Å². The number of aliphatic hydroxyl groups excluding tert-OH is 1. The van der Waals surface area contributed by atoms with Crippen LogP contribution in [0.4, 0.5) is 4.79 Å². The second kappa shape index (κ2) is 7.01. The van der Waals surface area contributed by atoms with E-state index < -0.39 is 12.2 Å². The maximum Gasteiger partial charge on any atom is 0.413 e. The fraction of sp³-hybridized carbons (Fsp3) is 0.538. The smallest absolute Gasteiger partial charge is 0.391 e. The lowest BCUT2D eigenvalue weighted by Gasteiger charge is -2.28. The summed E-state index contributed by atoms with van der Waals surface area (Å²) in [5, 5.41) is 12.6. The van der Waals surface area contributed by atoms with E-state index in [4.69, 9.17) is 9.47 Å². The molecule has 2 heterocycles. The molecule has 110 valence electrons. The zero-order chi connectivity index (χ0) is 14.5. The maximum atomic E-state index is 11.5. The van der Waals surface area contributed by atoms with Gasteiger partial charge in [-0.25, -0.2) is 9.78 Å². The summed E-state index contributed by atoms with van der Waals surface area (Å²) >= 11 is 3.35. The Morgan fingerprint density at radius 1 is 1.70 bits per heavy atom. The molecule has 1 aliphatic rings. The lowest BCUT2D eigenvalue weighted by Crippen LogP contribution is -2.32. The number of nitrogens with zero attached hydrogens (tertiary/aromatic N) is 1. The first-order chi connectivity index (χ1) is 9.61. The van der Waals surface area contributed by atoms with Crippen molar-refractivity contribution < 1.29 is 19.4 Å². The molecule has 20 heavy (non-hydrogen) atoms. The number of ether oxygens (including phenoxy) is 2. The van der Waals surface area contributed by atoms with Gasteiger partial charge in [0, 0.05) is 35.3 Å². The summed E-state index contributed by atoms with van der Waals surface area (Å²) in [7, 11) is 0. The number of halogens is 1. The molecule has 0 saturated carbocycles. The first-order valence-corrected chi connectivity index (χ1v) is 7.28. The molecule has 1 fully saturated rings. The van der Waals surface area contributed by atoms with Crippen LogP contribution in [0.1, 0.15) is 24.8 Å². The second-order valence-electron chi connectivity index (χ2n) is 4.51. The van der Waals surface area contributed by atoms with Gasteiger partial charge in [-0.1, -0.05) is 0 Å². The summed E-state index contributed by atoms with van der Waals surface area (Å²) in [5.41, 5.74) is 0.710. The summed E-state index contributed by atoms with van der Waals surface area (Å²) in [6.07, 6.45) is 1.04. The molecule has 0 spiro atoms. The summed E-state index contributed by atoms with van der Waals surface area (Å²) in [5.74, 6) is 0.0725. The maximum absolute atomic E-state index is 11.5. The molecular weight excluding hydrogens is 328 g/mol. The first kappa shape index (κ1) is 15.2. The van der Waals surface area contributed by atoms with E-state index in [9.17, 15) is 9.90 Å². The molecule has 6 nitrogen and oxygen atoms in total. The van der Waals surface area contributed by atoms with Crippen LogP contribution in [0.3, 0.4) is 0 Å². The second-order valence-corrected chi connectivity index (χ2v) is 5.42. The molecule has 0 bridgehead atoms. The molecule has 1 aliphatic heterocycles. The SMILES string of the molecule is CCNC(=O)Oc1ncc(Br)cc1[C@H]1CCOC[C@@H]1O. The Kier molecular flexibility index (Phi) is 5.33. The van der Waals surface area contributed by atoms with Gasteiger partial charge in [0.25, 0.3) is 0 Å². The van der Waals surface area contributed by atoms with Crippen molar-refractivity contribution in [1.29, 1.82) is 0 Å². The van der Waals surface area contributed by atoms with Crippen molar-refractivity contribution in [3.05, 3.63) is 22.3 Å². The van der Waals surface area contributed by atoms with Crippen LogP contribution in [-0.4, -0.2) is 42.0 Å². The molecule has 2 N–H and O–H groups in total. The van der Waals surface area contributed by atoms with Crippen molar-refractivity contribution in [2.75, 3.05) is 19.8 Å². The summed E-state index contributed by atoms with van der Waals surface area (Å²) in [6, 6.07) is 1.82. The number of amides is 1. The van der Waals surface area contributed by atoms with E-state index in [-0.39, 0.29) is 18.4 Å². The third-order valence-corrected chi connectivity index (χ3v) is 3.52. The largest absolute Gasteiger partial charge is 0.413 e. The fourth-order valence-corrected chi connectivity index (χ4v) is 2.50. The van der Waals surface area contributed by atoms with E-state index in [0.29, 0.717) is 25.1 Å². The number of nitrogens with one attached hydrogen (secondary N) is 1. The van der Waals surface area contributed by atoms with Crippen LogP contribution in [0.5, 0.6) is 5.88 Å². The molecule has 1 aromatic heterocycles. The van der Waals surface area contributed by atoms with Gasteiger partial charge in [0.2, 0.25) is 5.88 Å². The molecule has 0 radical (unpaired) electrons. The first-order valence-electron chi connectivity index (χ1n) is 6.48. The van der Waals surface area contributed by atoms with Crippen LogP contribution in [-0.2, 0) is 4.74 Å². The number of hydrogen-bond donors (Lipinski definition) is 2. The van der Waals surface area contributed by atoms with Gasteiger partial charge in [0.15, 0.2) is 0 Å². The number of aromatic nitrogens is 1. The molecule has 2 rings (SSSR count). The molecule has 1 saturated heterocycles. The highest BCUT2D eigenvalue weighted by molar-refractivity contribution is 9.10.